The molecule has 0 aliphatic heterocycles. The van der Waals surface area contributed by atoms with Crippen molar-refractivity contribution in [3.05, 3.63) is 29.8 Å². The number of aryl methyl sites for hydroxylation is 1. The summed E-state index contributed by atoms with van der Waals surface area (Å²) in [6, 6.07) is 6.83. The third kappa shape index (κ3) is 4.34. The van der Waals surface area contributed by atoms with E-state index in [1.54, 1.807) is 31.2 Å². The predicted octanol–water partition coefficient (Wildman–Crippen LogP) is 2.37. The molecule has 2 rings (SSSR count). The molecular weight excluding hydrogens is 276 g/mol. The van der Waals surface area contributed by atoms with Gasteiger partial charge in [0.05, 0.1) is 17.3 Å². The van der Waals surface area contributed by atoms with E-state index in [-0.39, 0.29) is 11.7 Å². The standard InChI is InChI=1S/C15H20O4S/c1-2-19-15(16)10-7-12-5-8-14(9-6-12)20(17,18)11-13-3-4-13/h5-6,8-9,13H,2-4,7,10-11H2,1H3. The Morgan fingerprint density at radius 3 is 2.45 bits per heavy atom. The minimum absolute atomic E-state index is 0.224. The van der Waals surface area contributed by atoms with Crippen molar-refractivity contribution in [3.8, 4) is 0 Å². The molecule has 0 spiro atoms. The molecule has 110 valence electrons. The van der Waals surface area contributed by atoms with Gasteiger partial charge in [-0.2, -0.15) is 0 Å². The lowest BCUT2D eigenvalue weighted by molar-refractivity contribution is -0.143. The van der Waals surface area contributed by atoms with Gasteiger partial charge in [-0.15, -0.1) is 0 Å². The quantitative estimate of drug-likeness (QED) is 0.725. The summed E-state index contributed by atoms with van der Waals surface area (Å²) < 4.78 is 29.0. The van der Waals surface area contributed by atoms with E-state index in [4.69, 9.17) is 4.74 Å². The lowest BCUT2D eigenvalue weighted by Crippen LogP contribution is -2.08. The van der Waals surface area contributed by atoms with Gasteiger partial charge in [-0.3, -0.25) is 4.79 Å². The van der Waals surface area contributed by atoms with Gasteiger partial charge >= 0.3 is 5.97 Å². The fraction of sp³-hybridized carbons (Fsp3) is 0.533. The zero-order valence-electron chi connectivity index (χ0n) is 11.7. The van der Waals surface area contributed by atoms with E-state index in [9.17, 15) is 13.2 Å². The van der Waals surface area contributed by atoms with Gasteiger partial charge < -0.3 is 4.74 Å². The first-order valence-electron chi connectivity index (χ1n) is 6.98. The normalized spacial score (nSPS) is 15.1. The molecule has 0 atom stereocenters. The second kappa shape index (κ2) is 6.39. The fourth-order valence-corrected chi connectivity index (χ4v) is 3.73. The third-order valence-electron chi connectivity index (χ3n) is 3.36. The number of carbonyl (C=O) groups is 1. The number of hydrogen-bond acceptors (Lipinski definition) is 4. The highest BCUT2D eigenvalue weighted by molar-refractivity contribution is 7.91. The van der Waals surface area contributed by atoms with E-state index in [0.717, 1.165) is 18.4 Å². The van der Waals surface area contributed by atoms with Gasteiger partial charge in [0.2, 0.25) is 0 Å². The Morgan fingerprint density at radius 1 is 1.25 bits per heavy atom. The first kappa shape index (κ1) is 15.0. The van der Waals surface area contributed by atoms with Crippen LogP contribution >= 0.6 is 0 Å². The SMILES string of the molecule is CCOC(=O)CCc1ccc(S(=O)(=O)CC2CC2)cc1. The van der Waals surface area contributed by atoms with Crippen LogP contribution in [0.25, 0.3) is 0 Å². The highest BCUT2D eigenvalue weighted by atomic mass is 32.2. The van der Waals surface area contributed by atoms with Crippen molar-refractivity contribution in [2.75, 3.05) is 12.4 Å². The Kier molecular flexibility index (Phi) is 4.81. The van der Waals surface area contributed by atoms with Crippen LogP contribution in [-0.2, 0) is 25.8 Å². The molecule has 0 saturated heterocycles. The van der Waals surface area contributed by atoms with Crippen LogP contribution in [0.15, 0.2) is 29.2 Å². The van der Waals surface area contributed by atoms with E-state index in [1.165, 1.54) is 0 Å². The van der Waals surface area contributed by atoms with Crippen molar-refractivity contribution in [1.29, 1.82) is 0 Å². The summed E-state index contributed by atoms with van der Waals surface area (Å²) in [4.78, 5) is 11.6. The predicted molar refractivity (Wildman–Crippen MR) is 76.2 cm³/mol. The molecule has 1 aliphatic rings. The van der Waals surface area contributed by atoms with Gasteiger partial charge in [-0.1, -0.05) is 12.1 Å². The first-order chi connectivity index (χ1) is 9.51. The third-order valence-corrected chi connectivity index (χ3v) is 5.26. The van der Waals surface area contributed by atoms with Crippen molar-refractivity contribution in [2.45, 2.75) is 37.5 Å². The molecule has 0 amide bonds. The molecule has 5 heteroatoms. The van der Waals surface area contributed by atoms with Crippen molar-refractivity contribution < 1.29 is 17.9 Å². The molecular formula is C15H20O4S. The average Bonchev–Trinajstić information content (AvgIpc) is 3.20. The fourth-order valence-electron chi connectivity index (χ4n) is 2.03. The number of carbonyl (C=O) groups excluding carboxylic acids is 1. The van der Waals surface area contributed by atoms with Gasteiger partial charge in [-0.05, 0) is 49.8 Å². The zero-order chi connectivity index (χ0) is 14.6. The van der Waals surface area contributed by atoms with E-state index >= 15 is 0 Å². The number of rotatable bonds is 7. The summed E-state index contributed by atoms with van der Waals surface area (Å²) in [6.45, 7) is 2.16. The topological polar surface area (TPSA) is 60.4 Å². The Labute approximate surface area is 120 Å². The maximum Gasteiger partial charge on any atom is 0.306 e. The summed E-state index contributed by atoms with van der Waals surface area (Å²) in [5.74, 6) is 0.385. The lowest BCUT2D eigenvalue weighted by Gasteiger charge is -2.05. The molecule has 0 heterocycles. The molecule has 0 bridgehead atoms. The van der Waals surface area contributed by atoms with Crippen molar-refractivity contribution in [3.63, 3.8) is 0 Å². The minimum atomic E-state index is -3.15. The number of sulfone groups is 1. The molecule has 1 aromatic carbocycles. The monoisotopic (exact) mass is 296 g/mol. The largest absolute Gasteiger partial charge is 0.466 e. The first-order valence-corrected chi connectivity index (χ1v) is 8.64. The van der Waals surface area contributed by atoms with Crippen LogP contribution in [0.3, 0.4) is 0 Å². The van der Waals surface area contributed by atoms with E-state index in [2.05, 4.69) is 0 Å². The van der Waals surface area contributed by atoms with Crippen LogP contribution < -0.4 is 0 Å². The highest BCUT2D eigenvalue weighted by Gasteiger charge is 2.28. The van der Waals surface area contributed by atoms with Gasteiger partial charge in [0.25, 0.3) is 0 Å². The van der Waals surface area contributed by atoms with Gasteiger partial charge in [0, 0.05) is 6.42 Å². The van der Waals surface area contributed by atoms with Crippen LogP contribution in [-0.4, -0.2) is 26.7 Å². The van der Waals surface area contributed by atoms with Crippen LogP contribution in [0, 0.1) is 5.92 Å². The van der Waals surface area contributed by atoms with Crippen LogP contribution in [0.5, 0.6) is 0 Å². The Balaban J connectivity index is 1.93. The molecule has 0 unspecified atom stereocenters. The zero-order valence-corrected chi connectivity index (χ0v) is 12.5. The number of esters is 1. The van der Waals surface area contributed by atoms with E-state index < -0.39 is 9.84 Å². The number of hydrogen-bond donors (Lipinski definition) is 0. The Morgan fingerprint density at radius 2 is 1.90 bits per heavy atom. The molecule has 1 fully saturated rings. The van der Waals surface area contributed by atoms with Crippen LogP contribution in [0.2, 0.25) is 0 Å². The van der Waals surface area contributed by atoms with Crippen molar-refractivity contribution >= 4 is 15.8 Å². The van der Waals surface area contributed by atoms with Crippen LogP contribution in [0.1, 0.15) is 31.7 Å². The number of ether oxygens (including phenoxy) is 1. The minimum Gasteiger partial charge on any atom is -0.466 e. The maximum absolute atomic E-state index is 12.1. The van der Waals surface area contributed by atoms with Crippen LogP contribution in [0.4, 0.5) is 0 Å². The molecule has 1 aliphatic carbocycles. The summed E-state index contributed by atoms with van der Waals surface area (Å²) in [6.07, 6.45) is 2.94. The maximum atomic E-state index is 12.1. The van der Waals surface area contributed by atoms with Crippen molar-refractivity contribution in [2.24, 2.45) is 5.92 Å². The molecule has 20 heavy (non-hydrogen) atoms. The molecule has 0 aromatic heterocycles. The molecule has 0 N–H and O–H groups in total. The van der Waals surface area contributed by atoms with Crippen molar-refractivity contribution in [1.82, 2.24) is 0 Å². The van der Waals surface area contributed by atoms with Gasteiger partial charge in [0.1, 0.15) is 0 Å². The van der Waals surface area contributed by atoms with Gasteiger partial charge in [-0.25, -0.2) is 8.42 Å². The molecule has 4 nitrogen and oxygen atoms in total. The molecule has 0 radical (unpaired) electrons. The summed E-state index contributed by atoms with van der Waals surface area (Å²) in [7, 11) is -3.15. The average molecular weight is 296 g/mol. The highest BCUT2D eigenvalue weighted by Crippen LogP contribution is 2.32. The van der Waals surface area contributed by atoms with Gasteiger partial charge in [0.15, 0.2) is 9.84 Å². The number of benzene rings is 1. The smallest absolute Gasteiger partial charge is 0.306 e. The summed E-state index contributed by atoms with van der Waals surface area (Å²) >= 11 is 0. The summed E-state index contributed by atoms with van der Waals surface area (Å²) in [5.41, 5.74) is 0.948. The summed E-state index contributed by atoms with van der Waals surface area (Å²) in [5, 5.41) is 0. The lowest BCUT2D eigenvalue weighted by atomic mass is 10.1. The molecule has 1 aromatic rings. The van der Waals surface area contributed by atoms with E-state index in [1.807, 2.05) is 0 Å². The second-order valence-corrected chi connectivity index (χ2v) is 7.21. The second-order valence-electron chi connectivity index (χ2n) is 5.17. The molecule has 1 saturated carbocycles. The Hall–Kier alpha value is -1.36. The Bertz CT molecular complexity index is 556. The van der Waals surface area contributed by atoms with E-state index in [0.29, 0.717) is 30.3 Å².